The van der Waals surface area contributed by atoms with E-state index in [1.807, 2.05) is 6.33 Å². The molecule has 0 bridgehead atoms. The second-order valence-electron chi connectivity index (χ2n) is 4.48. The highest BCUT2D eigenvalue weighted by Gasteiger charge is 2.16. The molecule has 1 aliphatic heterocycles. The van der Waals surface area contributed by atoms with Crippen molar-refractivity contribution in [3.05, 3.63) is 12.2 Å². The largest absolute Gasteiger partial charge is 0.315 e. The van der Waals surface area contributed by atoms with Gasteiger partial charge in [-0.3, -0.25) is 4.90 Å². The molecule has 1 N–H and O–H groups in total. The highest BCUT2D eigenvalue weighted by Crippen LogP contribution is 2.07. The van der Waals surface area contributed by atoms with Crippen molar-refractivity contribution in [1.29, 1.82) is 0 Å². The quantitative estimate of drug-likeness (QED) is 0.789. The van der Waals surface area contributed by atoms with Crippen LogP contribution in [0.5, 0.6) is 0 Å². The maximum Gasteiger partial charge on any atom is 0.147 e. The van der Waals surface area contributed by atoms with Gasteiger partial charge in [0.1, 0.15) is 12.2 Å². The molecule has 1 unspecified atom stereocenters. The molecule has 90 valence electrons. The SMILES string of the molecule is CCC(C)NCCN1CCn2cnnc2C1. The molecule has 0 fully saturated rings. The van der Waals surface area contributed by atoms with Crippen molar-refractivity contribution in [2.45, 2.75) is 39.4 Å². The fraction of sp³-hybridized carbons (Fsp3) is 0.818. The minimum atomic E-state index is 0.619. The Morgan fingerprint density at radius 2 is 2.38 bits per heavy atom. The zero-order valence-electron chi connectivity index (χ0n) is 10.2. The van der Waals surface area contributed by atoms with Crippen LogP contribution in [0.1, 0.15) is 26.1 Å². The Morgan fingerprint density at radius 1 is 1.50 bits per heavy atom. The van der Waals surface area contributed by atoms with Crippen molar-refractivity contribution in [2.24, 2.45) is 0 Å². The number of hydrogen-bond acceptors (Lipinski definition) is 4. The summed E-state index contributed by atoms with van der Waals surface area (Å²) in [7, 11) is 0. The molecule has 0 aromatic carbocycles. The standard InChI is InChI=1S/C11H21N5/c1-3-10(2)12-4-5-15-6-7-16-9-13-14-11(16)8-15/h9-10,12H,3-8H2,1-2H3. The van der Waals surface area contributed by atoms with Gasteiger partial charge in [-0.15, -0.1) is 10.2 Å². The molecule has 16 heavy (non-hydrogen) atoms. The van der Waals surface area contributed by atoms with Crippen LogP contribution in [0.3, 0.4) is 0 Å². The van der Waals surface area contributed by atoms with E-state index in [1.165, 1.54) is 6.42 Å². The Morgan fingerprint density at radius 3 is 3.19 bits per heavy atom. The third kappa shape index (κ3) is 2.80. The number of hydrogen-bond donors (Lipinski definition) is 1. The molecular weight excluding hydrogens is 202 g/mol. The molecule has 1 aliphatic rings. The molecule has 0 amide bonds. The molecule has 5 heteroatoms. The fourth-order valence-corrected chi connectivity index (χ4v) is 1.92. The summed E-state index contributed by atoms with van der Waals surface area (Å²) in [4.78, 5) is 2.43. The predicted molar refractivity (Wildman–Crippen MR) is 63.1 cm³/mol. The first-order valence-electron chi connectivity index (χ1n) is 6.12. The van der Waals surface area contributed by atoms with E-state index in [0.29, 0.717) is 6.04 Å². The number of nitrogens with one attached hydrogen (secondary N) is 1. The van der Waals surface area contributed by atoms with Crippen LogP contribution in [0.15, 0.2) is 6.33 Å². The second-order valence-corrected chi connectivity index (χ2v) is 4.48. The first kappa shape index (κ1) is 11.5. The summed E-state index contributed by atoms with van der Waals surface area (Å²) in [6.45, 7) is 9.65. The summed E-state index contributed by atoms with van der Waals surface area (Å²) < 4.78 is 2.14. The van der Waals surface area contributed by atoms with Crippen molar-refractivity contribution in [3.63, 3.8) is 0 Å². The van der Waals surface area contributed by atoms with E-state index >= 15 is 0 Å². The highest BCUT2D eigenvalue weighted by molar-refractivity contribution is 4.89. The van der Waals surface area contributed by atoms with E-state index in [-0.39, 0.29) is 0 Å². The van der Waals surface area contributed by atoms with E-state index < -0.39 is 0 Å². The van der Waals surface area contributed by atoms with E-state index in [9.17, 15) is 0 Å². The molecular formula is C11H21N5. The van der Waals surface area contributed by atoms with Gasteiger partial charge < -0.3 is 9.88 Å². The Labute approximate surface area is 96.8 Å². The zero-order chi connectivity index (χ0) is 11.4. The topological polar surface area (TPSA) is 46.0 Å². The van der Waals surface area contributed by atoms with Crippen molar-refractivity contribution < 1.29 is 0 Å². The van der Waals surface area contributed by atoms with Crippen molar-refractivity contribution in [3.8, 4) is 0 Å². The van der Waals surface area contributed by atoms with Gasteiger partial charge in [0.25, 0.3) is 0 Å². The summed E-state index contributed by atoms with van der Waals surface area (Å²) >= 11 is 0. The normalized spacial score (nSPS) is 18.4. The smallest absolute Gasteiger partial charge is 0.147 e. The van der Waals surface area contributed by atoms with Crippen LogP contribution in [-0.2, 0) is 13.1 Å². The Balaban J connectivity index is 1.73. The van der Waals surface area contributed by atoms with Crippen LogP contribution in [0, 0.1) is 0 Å². The number of fused-ring (bicyclic) bond motifs is 1. The maximum absolute atomic E-state index is 4.12. The minimum absolute atomic E-state index is 0.619. The molecule has 2 rings (SSSR count). The first-order valence-corrected chi connectivity index (χ1v) is 6.12. The summed E-state index contributed by atoms with van der Waals surface area (Å²) in [5.74, 6) is 1.09. The van der Waals surface area contributed by atoms with Gasteiger partial charge in [-0.2, -0.15) is 0 Å². The van der Waals surface area contributed by atoms with E-state index in [2.05, 4.69) is 38.8 Å². The molecule has 1 aromatic rings. The maximum atomic E-state index is 4.12. The summed E-state index contributed by atoms with van der Waals surface area (Å²) in [5, 5.41) is 11.6. The third-order valence-corrected chi connectivity index (χ3v) is 3.25. The minimum Gasteiger partial charge on any atom is -0.315 e. The number of aromatic nitrogens is 3. The molecule has 0 aliphatic carbocycles. The summed E-state index contributed by atoms with van der Waals surface area (Å²) in [5.41, 5.74) is 0. The van der Waals surface area contributed by atoms with Gasteiger partial charge in [0, 0.05) is 32.2 Å². The summed E-state index contributed by atoms with van der Waals surface area (Å²) in [6, 6.07) is 0.619. The predicted octanol–water partition coefficient (Wildman–Crippen LogP) is 0.482. The lowest BCUT2D eigenvalue weighted by molar-refractivity contribution is 0.215. The Hall–Kier alpha value is -0.940. The van der Waals surface area contributed by atoms with Gasteiger partial charge >= 0.3 is 0 Å². The number of nitrogens with zero attached hydrogens (tertiary/aromatic N) is 4. The van der Waals surface area contributed by atoms with Gasteiger partial charge in [-0.1, -0.05) is 6.92 Å². The monoisotopic (exact) mass is 223 g/mol. The Kier molecular flexibility index (Phi) is 3.90. The van der Waals surface area contributed by atoms with E-state index in [4.69, 9.17) is 0 Å². The highest BCUT2D eigenvalue weighted by atomic mass is 15.3. The van der Waals surface area contributed by atoms with Crippen LogP contribution in [-0.4, -0.2) is 45.3 Å². The zero-order valence-corrected chi connectivity index (χ0v) is 10.2. The molecule has 1 atom stereocenters. The first-order chi connectivity index (χ1) is 7.79. The average Bonchev–Trinajstić information content (AvgIpc) is 2.76. The molecule has 0 spiro atoms. The lowest BCUT2D eigenvalue weighted by Gasteiger charge is -2.27. The van der Waals surface area contributed by atoms with Gasteiger partial charge in [-0.05, 0) is 13.3 Å². The van der Waals surface area contributed by atoms with Gasteiger partial charge in [0.2, 0.25) is 0 Å². The third-order valence-electron chi connectivity index (χ3n) is 3.25. The Bertz CT molecular complexity index is 322. The second kappa shape index (κ2) is 5.41. The molecule has 0 saturated carbocycles. The van der Waals surface area contributed by atoms with Crippen molar-refractivity contribution >= 4 is 0 Å². The lowest BCUT2D eigenvalue weighted by Crippen LogP contribution is -2.39. The molecule has 5 nitrogen and oxygen atoms in total. The fourth-order valence-electron chi connectivity index (χ4n) is 1.92. The lowest BCUT2D eigenvalue weighted by atomic mass is 10.2. The van der Waals surface area contributed by atoms with Crippen molar-refractivity contribution in [2.75, 3.05) is 19.6 Å². The van der Waals surface area contributed by atoms with Crippen LogP contribution in [0.2, 0.25) is 0 Å². The van der Waals surface area contributed by atoms with Crippen LogP contribution in [0.4, 0.5) is 0 Å². The average molecular weight is 223 g/mol. The van der Waals surface area contributed by atoms with Gasteiger partial charge in [-0.25, -0.2) is 0 Å². The van der Waals surface area contributed by atoms with Crippen LogP contribution < -0.4 is 5.32 Å². The number of rotatable bonds is 5. The van der Waals surface area contributed by atoms with E-state index in [0.717, 1.165) is 38.5 Å². The molecule has 0 radical (unpaired) electrons. The molecule has 1 aromatic heterocycles. The molecule has 0 saturated heterocycles. The van der Waals surface area contributed by atoms with Gasteiger partial charge in [0.05, 0.1) is 6.54 Å². The summed E-state index contributed by atoms with van der Waals surface area (Å²) in [6.07, 6.45) is 3.01. The van der Waals surface area contributed by atoms with Crippen molar-refractivity contribution in [1.82, 2.24) is 25.0 Å². The van der Waals surface area contributed by atoms with E-state index in [1.54, 1.807) is 0 Å². The van der Waals surface area contributed by atoms with Gasteiger partial charge in [0.15, 0.2) is 0 Å². The molecule has 2 heterocycles. The van der Waals surface area contributed by atoms with Crippen LogP contribution >= 0.6 is 0 Å². The van der Waals surface area contributed by atoms with Crippen LogP contribution in [0.25, 0.3) is 0 Å².